The molecular weight excluding hydrogens is 392 g/mol. The first-order chi connectivity index (χ1) is 13.9. The van der Waals surface area contributed by atoms with E-state index in [9.17, 15) is 13.2 Å². The SMILES string of the molecule is COC(=O)c1cc(Oc2ccccc2)ccc1OCc1cccc(S(C)(=O)=O)c1. The molecule has 3 aromatic carbocycles. The van der Waals surface area contributed by atoms with Gasteiger partial charge in [-0.1, -0.05) is 30.3 Å². The predicted molar refractivity (Wildman–Crippen MR) is 108 cm³/mol. The molecule has 0 aliphatic heterocycles. The van der Waals surface area contributed by atoms with Gasteiger partial charge in [-0.15, -0.1) is 0 Å². The molecule has 0 radical (unpaired) electrons. The lowest BCUT2D eigenvalue weighted by molar-refractivity contribution is 0.0595. The molecule has 0 saturated heterocycles. The molecule has 0 aliphatic rings. The molecule has 0 saturated carbocycles. The molecule has 0 bridgehead atoms. The van der Waals surface area contributed by atoms with Crippen LogP contribution in [-0.2, 0) is 21.2 Å². The van der Waals surface area contributed by atoms with E-state index in [2.05, 4.69) is 0 Å². The molecule has 3 aromatic rings. The molecule has 0 fully saturated rings. The third-order valence-electron chi connectivity index (χ3n) is 4.06. The van der Waals surface area contributed by atoms with Crippen molar-refractivity contribution in [3.8, 4) is 17.2 Å². The second kappa shape index (κ2) is 8.79. The van der Waals surface area contributed by atoms with Gasteiger partial charge in [0.15, 0.2) is 9.84 Å². The molecule has 0 heterocycles. The van der Waals surface area contributed by atoms with E-state index in [1.807, 2.05) is 18.2 Å². The zero-order valence-corrected chi connectivity index (χ0v) is 16.8. The Kier molecular flexibility index (Phi) is 6.19. The van der Waals surface area contributed by atoms with Crippen LogP contribution in [0.4, 0.5) is 0 Å². The molecule has 7 heteroatoms. The highest BCUT2D eigenvalue weighted by Gasteiger charge is 2.16. The second-order valence-electron chi connectivity index (χ2n) is 6.27. The smallest absolute Gasteiger partial charge is 0.341 e. The number of sulfone groups is 1. The van der Waals surface area contributed by atoms with E-state index in [4.69, 9.17) is 14.2 Å². The van der Waals surface area contributed by atoms with Crippen molar-refractivity contribution in [2.75, 3.05) is 13.4 Å². The minimum absolute atomic E-state index is 0.0895. The highest BCUT2D eigenvalue weighted by Crippen LogP contribution is 2.29. The van der Waals surface area contributed by atoms with Gasteiger partial charge in [-0.3, -0.25) is 0 Å². The summed E-state index contributed by atoms with van der Waals surface area (Å²) in [5, 5.41) is 0. The van der Waals surface area contributed by atoms with Gasteiger partial charge in [0.05, 0.1) is 12.0 Å². The highest BCUT2D eigenvalue weighted by molar-refractivity contribution is 7.90. The molecule has 0 amide bonds. The van der Waals surface area contributed by atoms with Crippen LogP contribution in [0.3, 0.4) is 0 Å². The monoisotopic (exact) mass is 412 g/mol. The number of rotatable bonds is 7. The summed E-state index contributed by atoms with van der Waals surface area (Å²) in [5.41, 5.74) is 0.869. The summed E-state index contributed by atoms with van der Waals surface area (Å²) < 4.78 is 39.8. The van der Waals surface area contributed by atoms with Crippen LogP contribution < -0.4 is 9.47 Å². The van der Waals surface area contributed by atoms with Crippen molar-refractivity contribution in [2.45, 2.75) is 11.5 Å². The van der Waals surface area contributed by atoms with Gasteiger partial charge >= 0.3 is 5.97 Å². The molecule has 0 atom stereocenters. The zero-order valence-electron chi connectivity index (χ0n) is 16.0. The largest absolute Gasteiger partial charge is 0.488 e. The van der Waals surface area contributed by atoms with Gasteiger partial charge in [0.1, 0.15) is 29.4 Å². The summed E-state index contributed by atoms with van der Waals surface area (Å²) in [6, 6.07) is 20.5. The first-order valence-corrected chi connectivity index (χ1v) is 10.6. The van der Waals surface area contributed by atoms with Crippen molar-refractivity contribution in [1.29, 1.82) is 0 Å². The quantitative estimate of drug-likeness (QED) is 0.540. The van der Waals surface area contributed by atoms with Crippen LogP contribution in [0, 0.1) is 0 Å². The van der Waals surface area contributed by atoms with Crippen molar-refractivity contribution < 1.29 is 27.4 Å². The number of carbonyl (C=O) groups excluding carboxylic acids is 1. The molecule has 29 heavy (non-hydrogen) atoms. The Balaban J connectivity index is 1.82. The minimum atomic E-state index is -3.32. The maximum Gasteiger partial charge on any atom is 0.341 e. The summed E-state index contributed by atoms with van der Waals surface area (Å²) in [6.45, 7) is 0.0895. The highest BCUT2D eigenvalue weighted by atomic mass is 32.2. The van der Waals surface area contributed by atoms with Gasteiger partial charge in [0.2, 0.25) is 0 Å². The first kappa shape index (κ1) is 20.4. The van der Waals surface area contributed by atoms with E-state index in [-0.39, 0.29) is 17.1 Å². The summed E-state index contributed by atoms with van der Waals surface area (Å²) in [4.78, 5) is 12.4. The van der Waals surface area contributed by atoms with Crippen LogP contribution in [-0.4, -0.2) is 27.8 Å². The van der Waals surface area contributed by atoms with E-state index in [0.29, 0.717) is 22.8 Å². The van der Waals surface area contributed by atoms with Gasteiger partial charge in [-0.2, -0.15) is 0 Å². The van der Waals surface area contributed by atoms with E-state index < -0.39 is 15.8 Å². The van der Waals surface area contributed by atoms with Crippen LogP contribution >= 0.6 is 0 Å². The fourth-order valence-corrected chi connectivity index (χ4v) is 3.31. The van der Waals surface area contributed by atoms with Crippen LogP contribution in [0.2, 0.25) is 0 Å². The minimum Gasteiger partial charge on any atom is -0.488 e. The standard InChI is InChI=1S/C22H20O6S/c1-26-22(23)20-14-18(28-17-8-4-3-5-9-17)11-12-21(20)27-15-16-7-6-10-19(13-16)29(2,24)25/h3-14H,15H2,1-2H3. The van der Waals surface area contributed by atoms with Crippen LogP contribution in [0.25, 0.3) is 0 Å². The Morgan fingerprint density at radius 1 is 0.897 bits per heavy atom. The van der Waals surface area contributed by atoms with Gasteiger partial charge in [0.25, 0.3) is 0 Å². The van der Waals surface area contributed by atoms with Crippen LogP contribution in [0.15, 0.2) is 77.7 Å². The van der Waals surface area contributed by atoms with Crippen LogP contribution in [0.5, 0.6) is 17.2 Å². The van der Waals surface area contributed by atoms with E-state index >= 15 is 0 Å². The van der Waals surface area contributed by atoms with Crippen molar-refractivity contribution in [3.63, 3.8) is 0 Å². The average molecular weight is 412 g/mol. The van der Waals surface area contributed by atoms with Gasteiger partial charge in [-0.25, -0.2) is 13.2 Å². The zero-order chi connectivity index (χ0) is 20.9. The number of para-hydroxylation sites is 1. The topological polar surface area (TPSA) is 78.9 Å². The van der Waals surface area contributed by atoms with Crippen molar-refractivity contribution in [3.05, 3.63) is 83.9 Å². The molecule has 3 rings (SSSR count). The Hall–Kier alpha value is -3.32. The molecule has 0 spiro atoms. The average Bonchev–Trinajstić information content (AvgIpc) is 2.72. The Bertz CT molecular complexity index is 1110. The molecule has 150 valence electrons. The fraction of sp³-hybridized carbons (Fsp3) is 0.136. The lowest BCUT2D eigenvalue weighted by atomic mass is 10.2. The van der Waals surface area contributed by atoms with E-state index in [0.717, 1.165) is 6.26 Å². The van der Waals surface area contributed by atoms with Gasteiger partial charge in [0, 0.05) is 6.26 Å². The van der Waals surface area contributed by atoms with Gasteiger partial charge in [-0.05, 0) is 48.0 Å². The maximum absolute atomic E-state index is 12.2. The Labute approximate surface area is 169 Å². The number of hydrogen-bond donors (Lipinski definition) is 0. The predicted octanol–water partition coefficient (Wildman–Crippen LogP) is 4.25. The lowest BCUT2D eigenvalue weighted by Gasteiger charge is -2.13. The fourth-order valence-electron chi connectivity index (χ4n) is 2.62. The van der Waals surface area contributed by atoms with E-state index in [1.54, 1.807) is 48.5 Å². The Morgan fingerprint density at radius 2 is 1.66 bits per heavy atom. The van der Waals surface area contributed by atoms with Crippen molar-refractivity contribution in [2.24, 2.45) is 0 Å². The summed E-state index contributed by atoms with van der Waals surface area (Å²) in [6.07, 6.45) is 1.15. The molecule has 0 aromatic heterocycles. The normalized spacial score (nSPS) is 11.0. The summed E-state index contributed by atoms with van der Waals surface area (Å²) in [7, 11) is -2.03. The maximum atomic E-state index is 12.2. The third kappa shape index (κ3) is 5.36. The van der Waals surface area contributed by atoms with E-state index in [1.165, 1.54) is 13.2 Å². The second-order valence-corrected chi connectivity index (χ2v) is 8.29. The van der Waals surface area contributed by atoms with Crippen molar-refractivity contribution >= 4 is 15.8 Å². The summed E-state index contributed by atoms with van der Waals surface area (Å²) >= 11 is 0. The lowest BCUT2D eigenvalue weighted by Crippen LogP contribution is -2.07. The molecule has 0 unspecified atom stereocenters. The summed E-state index contributed by atoms with van der Waals surface area (Å²) in [5.74, 6) is 0.836. The van der Waals surface area contributed by atoms with Crippen LogP contribution in [0.1, 0.15) is 15.9 Å². The number of esters is 1. The third-order valence-corrected chi connectivity index (χ3v) is 5.17. The number of carbonyl (C=O) groups is 1. The molecule has 0 aliphatic carbocycles. The number of benzene rings is 3. The number of ether oxygens (including phenoxy) is 3. The first-order valence-electron chi connectivity index (χ1n) is 8.74. The molecular formula is C22H20O6S. The Morgan fingerprint density at radius 3 is 2.34 bits per heavy atom. The molecule has 0 N–H and O–H groups in total. The number of hydrogen-bond acceptors (Lipinski definition) is 6. The van der Waals surface area contributed by atoms with Gasteiger partial charge < -0.3 is 14.2 Å². The number of methoxy groups -OCH3 is 1. The molecule has 6 nitrogen and oxygen atoms in total. The van der Waals surface area contributed by atoms with Crippen molar-refractivity contribution in [1.82, 2.24) is 0 Å².